The van der Waals surface area contributed by atoms with Gasteiger partial charge in [-0.1, -0.05) is 57.1 Å². The molecule has 122 valence electrons. The molecular weight excluding hydrogens is 264 g/mol. The number of allylic oxidation sites excluding steroid dienone is 5. The van der Waals surface area contributed by atoms with E-state index in [4.69, 9.17) is 0 Å². The topological polar surface area (TPSA) is 0 Å². The average molecular weight is 299 g/mol. The monoisotopic (exact) mass is 298 g/mol. The Kier molecular flexibility index (Phi) is 3.94. The summed E-state index contributed by atoms with van der Waals surface area (Å²) in [6.45, 7) is 13.8. The molecule has 0 aromatic heterocycles. The van der Waals surface area contributed by atoms with Crippen LogP contribution >= 0.6 is 0 Å². The maximum Gasteiger partial charge on any atom is -0.00772 e. The lowest BCUT2D eigenvalue weighted by Crippen LogP contribution is -2.49. The molecule has 0 aromatic rings. The Bertz CT molecular complexity index is 510. The summed E-state index contributed by atoms with van der Waals surface area (Å²) in [5, 5.41) is 0. The molecule has 0 amide bonds. The van der Waals surface area contributed by atoms with Crippen molar-refractivity contribution in [1.82, 2.24) is 0 Å². The van der Waals surface area contributed by atoms with Crippen molar-refractivity contribution in [2.45, 2.75) is 72.6 Å². The van der Waals surface area contributed by atoms with Crippen molar-refractivity contribution in [3.8, 4) is 0 Å². The molecular formula is C22H34. The third-order valence-electron chi connectivity index (χ3n) is 7.42. The zero-order valence-electron chi connectivity index (χ0n) is 15.1. The molecule has 3 aliphatic rings. The van der Waals surface area contributed by atoms with E-state index >= 15 is 0 Å². The summed E-state index contributed by atoms with van der Waals surface area (Å²) in [6.07, 6.45) is 19.1. The second-order valence-electron chi connectivity index (χ2n) is 9.03. The molecule has 0 saturated heterocycles. The highest BCUT2D eigenvalue weighted by Gasteiger charge is 2.54. The first kappa shape index (κ1) is 16.1. The molecule has 22 heavy (non-hydrogen) atoms. The van der Waals surface area contributed by atoms with Gasteiger partial charge in [-0.05, 0) is 73.5 Å². The van der Waals surface area contributed by atoms with Crippen LogP contribution < -0.4 is 0 Å². The number of fused-ring (bicyclic) bond motifs is 3. The molecule has 5 atom stereocenters. The smallest absolute Gasteiger partial charge is 0.00772 e. The van der Waals surface area contributed by atoms with Crippen LogP contribution in [0, 0.1) is 28.1 Å². The van der Waals surface area contributed by atoms with E-state index in [1.165, 1.54) is 44.9 Å². The fraction of sp³-hybridized carbons (Fsp3) is 0.727. The summed E-state index contributed by atoms with van der Waals surface area (Å²) in [4.78, 5) is 0. The molecule has 0 aromatic carbocycles. The van der Waals surface area contributed by atoms with Crippen molar-refractivity contribution >= 4 is 0 Å². The van der Waals surface area contributed by atoms with Gasteiger partial charge >= 0.3 is 0 Å². The molecule has 0 radical (unpaired) electrons. The van der Waals surface area contributed by atoms with Gasteiger partial charge in [0.2, 0.25) is 0 Å². The minimum Gasteiger partial charge on any atom is -0.103 e. The highest BCUT2D eigenvalue weighted by molar-refractivity contribution is 5.29. The van der Waals surface area contributed by atoms with Crippen LogP contribution in [-0.4, -0.2) is 0 Å². The lowest BCUT2D eigenvalue weighted by atomic mass is 9.46. The van der Waals surface area contributed by atoms with Crippen molar-refractivity contribution in [2.24, 2.45) is 28.1 Å². The van der Waals surface area contributed by atoms with E-state index in [2.05, 4.69) is 58.6 Å². The molecule has 0 N–H and O–H groups in total. The molecule has 0 heteroatoms. The second kappa shape index (κ2) is 5.39. The van der Waals surface area contributed by atoms with Crippen LogP contribution in [0.15, 0.2) is 36.5 Å². The lowest BCUT2D eigenvalue weighted by molar-refractivity contribution is 0.00109. The molecule has 2 saturated carbocycles. The van der Waals surface area contributed by atoms with E-state index in [1.54, 1.807) is 0 Å². The fourth-order valence-electron chi connectivity index (χ4n) is 6.24. The van der Waals surface area contributed by atoms with Gasteiger partial charge in [-0.15, -0.1) is 6.58 Å². The zero-order chi connectivity index (χ0) is 16.0. The van der Waals surface area contributed by atoms with E-state index in [0.717, 1.165) is 11.8 Å². The van der Waals surface area contributed by atoms with Gasteiger partial charge in [0.1, 0.15) is 0 Å². The fourth-order valence-corrected chi connectivity index (χ4v) is 6.24. The average Bonchev–Trinajstić information content (AvgIpc) is 2.47. The Balaban J connectivity index is 1.97. The Hall–Kier alpha value is -0.780. The maximum atomic E-state index is 4.10. The van der Waals surface area contributed by atoms with Crippen LogP contribution in [0.5, 0.6) is 0 Å². The summed E-state index contributed by atoms with van der Waals surface area (Å²) < 4.78 is 0. The minimum absolute atomic E-state index is 0.332. The van der Waals surface area contributed by atoms with Gasteiger partial charge in [0.15, 0.2) is 0 Å². The van der Waals surface area contributed by atoms with Crippen molar-refractivity contribution < 1.29 is 0 Å². The van der Waals surface area contributed by atoms with Crippen molar-refractivity contribution in [2.75, 3.05) is 0 Å². The highest BCUT2D eigenvalue weighted by Crippen LogP contribution is 2.64. The molecule has 0 bridgehead atoms. The largest absolute Gasteiger partial charge is 0.103 e. The van der Waals surface area contributed by atoms with Gasteiger partial charge in [-0.2, -0.15) is 0 Å². The second-order valence-corrected chi connectivity index (χ2v) is 9.03. The Morgan fingerprint density at radius 1 is 1.18 bits per heavy atom. The number of rotatable bonds is 2. The van der Waals surface area contributed by atoms with Crippen LogP contribution in [0.3, 0.4) is 0 Å². The lowest BCUT2D eigenvalue weighted by Gasteiger charge is -2.58. The van der Waals surface area contributed by atoms with Crippen molar-refractivity contribution in [1.29, 1.82) is 0 Å². The molecule has 2 unspecified atom stereocenters. The van der Waals surface area contributed by atoms with Crippen molar-refractivity contribution in [3.05, 3.63) is 36.5 Å². The molecule has 0 heterocycles. The van der Waals surface area contributed by atoms with Crippen LogP contribution in [0.1, 0.15) is 72.6 Å². The van der Waals surface area contributed by atoms with Crippen LogP contribution in [0.2, 0.25) is 0 Å². The molecule has 3 rings (SSSR count). The predicted octanol–water partition coefficient (Wildman–Crippen LogP) is 6.70. The molecule has 0 spiro atoms. The van der Waals surface area contributed by atoms with Crippen molar-refractivity contribution in [3.63, 3.8) is 0 Å². The Labute approximate surface area is 137 Å². The minimum atomic E-state index is 0.332. The van der Waals surface area contributed by atoms with E-state index < -0.39 is 0 Å². The third-order valence-corrected chi connectivity index (χ3v) is 7.42. The first-order valence-corrected chi connectivity index (χ1v) is 9.35. The van der Waals surface area contributed by atoms with Gasteiger partial charge in [0.05, 0.1) is 0 Å². The number of hydrogen-bond donors (Lipinski definition) is 0. The SMILES string of the molecule is C=C[C@@]1(C)CC=C2C(CCC3[C@@]2(C)CCC[C@@]3(C)/C=C/C)C1. The maximum absolute atomic E-state index is 4.10. The summed E-state index contributed by atoms with van der Waals surface area (Å²) in [7, 11) is 0. The molecule has 2 fully saturated rings. The van der Waals surface area contributed by atoms with Crippen LogP contribution in [0.25, 0.3) is 0 Å². The van der Waals surface area contributed by atoms with Crippen LogP contribution in [-0.2, 0) is 0 Å². The first-order valence-electron chi connectivity index (χ1n) is 9.35. The molecule has 3 aliphatic carbocycles. The summed E-state index contributed by atoms with van der Waals surface area (Å²) >= 11 is 0. The van der Waals surface area contributed by atoms with Gasteiger partial charge < -0.3 is 0 Å². The van der Waals surface area contributed by atoms with E-state index in [0.29, 0.717) is 16.2 Å². The normalized spacial score (nSPS) is 48.5. The first-order chi connectivity index (χ1) is 10.4. The molecule has 0 aliphatic heterocycles. The van der Waals surface area contributed by atoms with Crippen LogP contribution in [0.4, 0.5) is 0 Å². The van der Waals surface area contributed by atoms with Gasteiger partial charge in [-0.3, -0.25) is 0 Å². The summed E-state index contributed by atoms with van der Waals surface area (Å²) in [5.74, 6) is 1.64. The predicted molar refractivity (Wildman–Crippen MR) is 96.7 cm³/mol. The molecule has 0 nitrogen and oxygen atoms in total. The van der Waals surface area contributed by atoms with Gasteiger partial charge in [-0.25, -0.2) is 0 Å². The summed E-state index contributed by atoms with van der Waals surface area (Å²) in [5.41, 5.74) is 3.00. The van der Waals surface area contributed by atoms with E-state index in [-0.39, 0.29) is 0 Å². The van der Waals surface area contributed by atoms with E-state index in [1.807, 2.05) is 5.57 Å². The Morgan fingerprint density at radius 2 is 1.95 bits per heavy atom. The standard InChI is InChI=1S/C22H34/c1-6-12-21(4)13-8-14-22(5)18-11-15-20(3,7-2)16-17(18)9-10-19(21)22/h6-7,11-12,17,19H,2,8-10,13-16H2,1,3-5H3/b12-6+/t17?,19?,20-,21+,22-/m0/s1. The summed E-state index contributed by atoms with van der Waals surface area (Å²) in [6, 6.07) is 0. The van der Waals surface area contributed by atoms with Gasteiger partial charge in [0, 0.05) is 0 Å². The van der Waals surface area contributed by atoms with E-state index in [9.17, 15) is 0 Å². The quantitative estimate of drug-likeness (QED) is 0.498. The van der Waals surface area contributed by atoms with Gasteiger partial charge in [0.25, 0.3) is 0 Å². The zero-order valence-corrected chi connectivity index (χ0v) is 15.1. The highest BCUT2D eigenvalue weighted by atomic mass is 14.6. The Morgan fingerprint density at radius 3 is 2.64 bits per heavy atom. The number of hydrogen-bond acceptors (Lipinski definition) is 0. The third kappa shape index (κ3) is 2.34.